The first-order valence-corrected chi connectivity index (χ1v) is 11.7. The average Bonchev–Trinajstić information content (AvgIpc) is 2.68. The van der Waals surface area contributed by atoms with Crippen LogP contribution in [0.5, 0.6) is 0 Å². The third-order valence-electron chi connectivity index (χ3n) is 9.26. The number of fused-ring (bicyclic) bond motifs is 2. The second kappa shape index (κ2) is 7.54. The van der Waals surface area contributed by atoms with E-state index < -0.39 is 5.60 Å². The van der Waals surface area contributed by atoms with Gasteiger partial charge in [-0.3, -0.25) is 0 Å². The van der Waals surface area contributed by atoms with Crippen LogP contribution in [0, 0.1) is 22.2 Å². The summed E-state index contributed by atoms with van der Waals surface area (Å²) in [7, 11) is 0. The normalized spacial score (nSPS) is 39.1. The summed E-state index contributed by atoms with van der Waals surface area (Å²) in [4.78, 5) is 0. The maximum Gasteiger partial charge on any atom is 0.0944 e. The second-order valence-corrected chi connectivity index (χ2v) is 11.2. The number of hydrogen-bond acceptors (Lipinski definition) is 2. The lowest BCUT2D eigenvalue weighted by atomic mass is 9.37. The van der Waals surface area contributed by atoms with Crippen molar-refractivity contribution in [2.24, 2.45) is 22.2 Å². The van der Waals surface area contributed by atoms with E-state index >= 15 is 0 Å². The molecule has 4 atom stereocenters. The Labute approximate surface area is 177 Å². The molecular weight excluding hydrogens is 356 g/mol. The van der Waals surface area contributed by atoms with Crippen LogP contribution in [0.2, 0.25) is 0 Å². The van der Waals surface area contributed by atoms with Crippen LogP contribution in [0.25, 0.3) is 0 Å². The maximum absolute atomic E-state index is 12.2. The lowest BCUT2D eigenvalue weighted by Crippen LogP contribution is -2.67. The van der Waals surface area contributed by atoms with E-state index in [2.05, 4.69) is 58.0 Å². The zero-order valence-corrected chi connectivity index (χ0v) is 19.0. The van der Waals surface area contributed by atoms with Crippen molar-refractivity contribution in [2.45, 2.75) is 91.3 Å². The molecule has 0 bridgehead atoms. The van der Waals surface area contributed by atoms with Gasteiger partial charge in [-0.05, 0) is 74.2 Å². The molecule has 1 unspecified atom stereocenters. The van der Waals surface area contributed by atoms with E-state index in [0.29, 0.717) is 24.5 Å². The topological polar surface area (TPSA) is 29.5 Å². The minimum Gasteiger partial charge on any atom is -0.387 e. The number of benzene rings is 1. The van der Waals surface area contributed by atoms with Gasteiger partial charge in [-0.25, -0.2) is 0 Å². The Kier molecular flexibility index (Phi) is 5.49. The first-order chi connectivity index (χ1) is 13.7. The van der Waals surface area contributed by atoms with Gasteiger partial charge in [0.1, 0.15) is 0 Å². The molecule has 1 aromatic rings. The smallest absolute Gasteiger partial charge is 0.0944 e. The largest absolute Gasteiger partial charge is 0.387 e. The lowest BCUT2D eigenvalue weighted by molar-refractivity contribution is -0.257. The Hall–Kier alpha value is -1.12. The Morgan fingerprint density at radius 3 is 2.48 bits per heavy atom. The summed E-state index contributed by atoms with van der Waals surface area (Å²) < 4.78 is 6.22. The molecule has 1 N–H and O–H groups in total. The lowest BCUT2D eigenvalue weighted by Gasteiger charge is -2.68. The van der Waals surface area contributed by atoms with Gasteiger partial charge in [0.25, 0.3) is 0 Å². The summed E-state index contributed by atoms with van der Waals surface area (Å²) in [5.74, 6) is 0.685. The standard InChI is InChI=1S/C27H40O2/c1-21-11-16-26(17-12-21)25(4)15-8-14-24(2,3)23(25)13-18-27(26,28)20-29-19-22-9-6-5-7-10-22/h5-7,9-11,23,28H,8,12-20H2,1-4H3/t23?,25-,26+,27+/m0/s1. The molecule has 160 valence electrons. The quantitative estimate of drug-likeness (QED) is 0.575. The summed E-state index contributed by atoms with van der Waals surface area (Å²) >= 11 is 0. The highest BCUT2D eigenvalue weighted by Crippen LogP contribution is 2.70. The van der Waals surface area contributed by atoms with Crippen molar-refractivity contribution in [2.75, 3.05) is 6.61 Å². The van der Waals surface area contributed by atoms with Crippen LogP contribution in [-0.2, 0) is 11.3 Å². The molecule has 2 saturated carbocycles. The molecule has 0 aliphatic heterocycles. The SMILES string of the molecule is CC1=CC[C@]2(CC1)[C@](O)(COCc1ccccc1)CCC1C(C)(C)CCC[C@@]12C. The van der Waals surface area contributed by atoms with E-state index in [1.807, 2.05) is 6.07 Å². The molecule has 0 saturated heterocycles. The summed E-state index contributed by atoms with van der Waals surface area (Å²) in [5.41, 5.74) is 2.40. The molecule has 0 aromatic heterocycles. The first-order valence-electron chi connectivity index (χ1n) is 11.7. The van der Waals surface area contributed by atoms with Crippen LogP contribution in [0.4, 0.5) is 0 Å². The molecule has 0 radical (unpaired) electrons. The highest BCUT2D eigenvalue weighted by atomic mass is 16.5. The number of aliphatic hydroxyl groups is 1. The zero-order chi connectivity index (χ0) is 20.8. The fraction of sp³-hybridized carbons (Fsp3) is 0.704. The van der Waals surface area contributed by atoms with Gasteiger partial charge in [-0.1, -0.05) is 69.2 Å². The number of hydrogen-bond donors (Lipinski definition) is 1. The molecule has 1 spiro atoms. The van der Waals surface area contributed by atoms with Crippen LogP contribution in [0.3, 0.4) is 0 Å². The van der Waals surface area contributed by atoms with Crippen molar-refractivity contribution in [1.82, 2.24) is 0 Å². The van der Waals surface area contributed by atoms with Crippen molar-refractivity contribution in [3.8, 4) is 0 Å². The minimum absolute atomic E-state index is 0.0726. The zero-order valence-electron chi connectivity index (χ0n) is 19.0. The number of rotatable bonds is 4. The van der Waals surface area contributed by atoms with Crippen molar-refractivity contribution in [3.63, 3.8) is 0 Å². The number of allylic oxidation sites excluding steroid dienone is 2. The van der Waals surface area contributed by atoms with Gasteiger partial charge >= 0.3 is 0 Å². The van der Waals surface area contributed by atoms with Crippen LogP contribution < -0.4 is 0 Å². The third-order valence-corrected chi connectivity index (χ3v) is 9.26. The Balaban J connectivity index is 1.64. The molecule has 1 aromatic carbocycles. The van der Waals surface area contributed by atoms with Crippen molar-refractivity contribution in [3.05, 3.63) is 47.5 Å². The van der Waals surface area contributed by atoms with Gasteiger partial charge in [0, 0.05) is 5.41 Å². The van der Waals surface area contributed by atoms with Crippen molar-refractivity contribution in [1.29, 1.82) is 0 Å². The van der Waals surface area contributed by atoms with Gasteiger partial charge < -0.3 is 9.84 Å². The molecular formula is C27H40O2. The second-order valence-electron chi connectivity index (χ2n) is 11.2. The maximum atomic E-state index is 12.2. The molecule has 2 nitrogen and oxygen atoms in total. The van der Waals surface area contributed by atoms with Gasteiger partial charge in [0.05, 0.1) is 18.8 Å². The molecule has 0 heterocycles. The van der Waals surface area contributed by atoms with E-state index in [0.717, 1.165) is 32.1 Å². The summed E-state index contributed by atoms with van der Waals surface area (Å²) in [6.07, 6.45) is 11.5. The van der Waals surface area contributed by atoms with E-state index in [1.165, 1.54) is 30.4 Å². The van der Waals surface area contributed by atoms with E-state index in [9.17, 15) is 5.11 Å². The number of ether oxygens (including phenoxy) is 1. The van der Waals surface area contributed by atoms with E-state index in [-0.39, 0.29) is 10.8 Å². The summed E-state index contributed by atoms with van der Waals surface area (Å²) in [5, 5.41) is 12.2. The highest BCUT2D eigenvalue weighted by Gasteiger charge is 2.67. The van der Waals surface area contributed by atoms with Crippen molar-refractivity contribution < 1.29 is 9.84 Å². The van der Waals surface area contributed by atoms with Gasteiger partial charge in [-0.15, -0.1) is 0 Å². The van der Waals surface area contributed by atoms with Crippen LogP contribution >= 0.6 is 0 Å². The summed E-state index contributed by atoms with van der Waals surface area (Å²) in [6, 6.07) is 10.4. The average molecular weight is 397 g/mol. The van der Waals surface area contributed by atoms with Gasteiger partial charge in [0.2, 0.25) is 0 Å². The first kappa shape index (κ1) is 21.1. The molecule has 0 amide bonds. The molecule has 3 aliphatic rings. The Morgan fingerprint density at radius 2 is 1.79 bits per heavy atom. The predicted molar refractivity (Wildman–Crippen MR) is 120 cm³/mol. The molecule has 4 rings (SSSR count). The Bertz CT molecular complexity index is 751. The monoisotopic (exact) mass is 396 g/mol. The fourth-order valence-electron chi connectivity index (χ4n) is 7.58. The minimum atomic E-state index is -0.738. The summed E-state index contributed by atoms with van der Waals surface area (Å²) in [6.45, 7) is 10.8. The Morgan fingerprint density at radius 1 is 1.03 bits per heavy atom. The highest BCUT2D eigenvalue weighted by molar-refractivity contribution is 5.22. The predicted octanol–water partition coefficient (Wildman–Crippen LogP) is 6.68. The van der Waals surface area contributed by atoms with Crippen LogP contribution in [-0.4, -0.2) is 17.3 Å². The van der Waals surface area contributed by atoms with Gasteiger partial charge in [-0.2, -0.15) is 0 Å². The van der Waals surface area contributed by atoms with Crippen molar-refractivity contribution >= 4 is 0 Å². The molecule has 2 fully saturated rings. The van der Waals surface area contributed by atoms with Crippen LogP contribution in [0.15, 0.2) is 42.0 Å². The van der Waals surface area contributed by atoms with Gasteiger partial charge in [0.15, 0.2) is 0 Å². The fourth-order valence-corrected chi connectivity index (χ4v) is 7.58. The van der Waals surface area contributed by atoms with E-state index in [1.54, 1.807) is 0 Å². The van der Waals surface area contributed by atoms with Crippen LogP contribution in [0.1, 0.15) is 84.6 Å². The third kappa shape index (κ3) is 3.41. The molecule has 2 heteroatoms. The molecule has 3 aliphatic carbocycles. The van der Waals surface area contributed by atoms with E-state index in [4.69, 9.17) is 4.74 Å². The molecule has 29 heavy (non-hydrogen) atoms.